The Bertz CT molecular complexity index is 1090. The number of thiophene rings is 1. The molecule has 172 valence electrons. The van der Waals surface area contributed by atoms with E-state index in [0.717, 1.165) is 16.3 Å². The molecule has 0 bridgehead atoms. The molecule has 0 saturated carbocycles. The summed E-state index contributed by atoms with van der Waals surface area (Å²) in [4.78, 5) is 39.9. The minimum Gasteiger partial charge on any atom is -0.454 e. The number of ether oxygens (including phenoxy) is 1. The number of hydrogen-bond acceptors (Lipinski definition) is 6. The zero-order valence-electron chi connectivity index (χ0n) is 18.8. The molecule has 2 aromatic carbocycles. The first-order valence-electron chi connectivity index (χ1n) is 10.6. The number of nitrogens with zero attached hydrogens (tertiary/aromatic N) is 1. The number of carbonyl (C=O) groups excluding carboxylic acids is 3. The number of benzene rings is 2. The Labute approximate surface area is 197 Å². The maximum atomic E-state index is 12.8. The molecule has 2 amide bonds. The van der Waals surface area contributed by atoms with Crippen molar-refractivity contribution < 1.29 is 19.1 Å². The molecule has 0 aliphatic rings. The zero-order chi connectivity index (χ0) is 23.8. The lowest BCUT2D eigenvalue weighted by Gasteiger charge is -2.27. The number of amides is 2. The highest BCUT2D eigenvalue weighted by atomic mass is 32.1. The Morgan fingerprint density at radius 1 is 0.939 bits per heavy atom. The first-order chi connectivity index (χ1) is 15.8. The third-order valence-corrected chi connectivity index (χ3v) is 5.71. The largest absolute Gasteiger partial charge is 0.454 e. The fraction of sp³-hybridized carbons (Fsp3) is 0.240. The predicted octanol–water partition coefficient (Wildman–Crippen LogP) is 4.51. The van der Waals surface area contributed by atoms with Crippen molar-refractivity contribution in [3.05, 3.63) is 76.5 Å². The van der Waals surface area contributed by atoms with Gasteiger partial charge in [0.05, 0.1) is 4.88 Å². The number of nitrogens with one attached hydrogen (secondary N) is 2. The Kier molecular flexibility index (Phi) is 8.21. The lowest BCUT2D eigenvalue weighted by atomic mass is 10.2. The van der Waals surface area contributed by atoms with Crippen LogP contribution < -0.4 is 15.5 Å². The number of para-hydroxylation sites is 1. The van der Waals surface area contributed by atoms with Crippen LogP contribution in [0.2, 0.25) is 0 Å². The Balaban J connectivity index is 1.53. The fourth-order valence-electron chi connectivity index (χ4n) is 3.18. The van der Waals surface area contributed by atoms with Gasteiger partial charge in [0.1, 0.15) is 6.54 Å². The molecule has 0 unspecified atom stereocenters. The van der Waals surface area contributed by atoms with E-state index in [1.54, 1.807) is 11.0 Å². The first kappa shape index (κ1) is 24.0. The molecule has 3 rings (SSSR count). The Hall–Kier alpha value is -3.65. The van der Waals surface area contributed by atoms with Gasteiger partial charge < -0.3 is 20.3 Å². The van der Waals surface area contributed by atoms with Crippen molar-refractivity contribution in [2.45, 2.75) is 26.8 Å². The summed E-state index contributed by atoms with van der Waals surface area (Å²) >= 11 is 1.34. The summed E-state index contributed by atoms with van der Waals surface area (Å²) in [6, 6.07) is 20.6. The molecule has 3 aromatic rings. The van der Waals surface area contributed by atoms with Crippen molar-refractivity contribution in [2.24, 2.45) is 0 Å². The van der Waals surface area contributed by atoms with Crippen molar-refractivity contribution in [3.8, 4) is 0 Å². The molecule has 33 heavy (non-hydrogen) atoms. The highest BCUT2D eigenvalue weighted by Crippen LogP contribution is 2.23. The average Bonchev–Trinajstić information content (AvgIpc) is 3.24. The number of aryl methyl sites for hydroxylation is 1. The van der Waals surface area contributed by atoms with Crippen molar-refractivity contribution in [2.75, 3.05) is 23.4 Å². The SMILES string of the molecule is Cc1ccc(C(=O)NCC(=O)OCC(=O)N(c2ccc(Nc3ccccc3)cc2)C(C)C)s1. The van der Waals surface area contributed by atoms with E-state index < -0.39 is 12.6 Å². The summed E-state index contributed by atoms with van der Waals surface area (Å²) in [6.45, 7) is 4.97. The van der Waals surface area contributed by atoms with Gasteiger partial charge in [-0.25, -0.2) is 0 Å². The van der Waals surface area contributed by atoms with Gasteiger partial charge in [-0.3, -0.25) is 14.4 Å². The summed E-state index contributed by atoms with van der Waals surface area (Å²) in [5.41, 5.74) is 2.56. The lowest BCUT2D eigenvalue weighted by molar-refractivity contribution is -0.146. The van der Waals surface area contributed by atoms with Gasteiger partial charge in [0, 0.05) is 28.0 Å². The second kappa shape index (κ2) is 11.3. The highest BCUT2D eigenvalue weighted by Gasteiger charge is 2.21. The van der Waals surface area contributed by atoms with Gasteiger partial charge in [0.2, 0.25) is 0 Å². The summed E-state index contributed by atoms with van der Waals surface area (Å²) in [6.07, 6.45) is 0. The van der Waals surface area contributed by atoms with Crippen LogP contribution in [0.15, 0.2) is 66.7 Å². The standard InChI is InChI=1S/C25H27N3O4S/c1-17(2)28(21-12-10-20(11-13-21)27-19-7-5-4-6-8-19)23(29)16-32-24(30)15-26-25(31)22-14-9-18(3)33-22/h4-14,17,27H,15-16H2,1-3H3,(H,26,31). The Morgan fingerprint density at radius 2 is 1.61 bits per heavy atom. The Morgan fingerprint density at radius 3 is 2.21 bits per heavy atom. The zero-order valence-corrected chi connectivity index (χ0v) is 19.6. The van der Waals surface area contributed by atoms with E-state index in [9.17, 15) is 14.4 Å². The third-order valence-electron chi connectivity index (χ3n) is 4.71. The van der Waals surface area contributed by atoms with Crippen LogP contribution in [0.4, 0.5) is 17.1 Å². The molecule has 0 aliphatic carbocycles. The van der Waals surface area contributed by atoms with Crippen LogP contribution in [0, 0.1) is 6.92 Å². The van der Waals surface area contributed by atoms with Crippen molar-refractivity contribution in [1.82, 2.24) is 5.32 Å². The van der Waals surface area contributed by atoms with Gasteiger partial charge >= 0.3 is 5.97 Å². The molecule has 0 aliphatic heterocycles. The van der Waals surface area contributed by atoms with E-state index in [4.69, 9.17) is 4.74 Å². The molecule has 8 heteroatoms. The fourth-order valence-corrected chi connectivity index (χ4v) is 3.97. The summed E-state index contributed by atoms with van der Waals surface area (Å²) in [5, 5.41) is 5.81. The number of hydrogen-bond donors (Lipinski definition) is 2. The maximum absolute atomic E-state index is 12.8. The minimum absolute atomic E-state index is 0.133. The van der Waals surface area contributed by atoms with E-state index in [2.05, 4.69) is 10.6 Å². The van der Waals surface area contributed by atoms with Crippen molar-refractivity contribution in [3.63, 3.8) is 0 Å². The van der Waals surface area contributed by atoms with Crippen LogP contribution in [-0.4, -0.2) is 37.0 Å². The van der Waals surface area contributed by atoms with E-state index in [0.29, 0.717) is 10.6 Å². The maximum Gasteiger partial charge on any atom is 0.325 e. The molecule has 0 atom stereocenters. The number of rotatable bonds is 9. The van der Waals surface area contributed by atoms with E-state index in [1.807, 2.05) is 81.4 Å². The highest BCUT2D eigenvalue weighted by molar-refractivity contribution is 7.13. The molecule has 0 fully saturated rings. The van der Waals surface area contributed by atoms with Crippen LogP contribution in [0.3, 0.4) is 0 Å². The summed E-state index contributed by atoms with van der Waals surface area (Å²) in [7, 11) is 0. The monoisotopic (exact) mass is 465 g/mol. The third kappa shape index (κ3) is 6.92. The molecule has 0 spiro atoms. The smallest absolute Gasteiger partial charge is 0.325 e. The molecular weight excluding hydrogens is 438 g/mol. The van der Waals surface area contributed by atoms with Gasteiger partial charge in [0.25, 0.3) is 11.8 Å². The van der Waals surface area contributed by atoms with E-state index >= 15 is 0 Å². The van der Waals surface area contributed by atoms with Crippen LogP contribution in [0.5, 0.6) is 0 Å². The van der Waals surface area contributed by atoms with Gasteiger partial charge in [0.15, 0.2) is 6.61 Å². The number of anilines is 3. The first-order valence-corrected chi connectivity index (χ1v) is 11.4. The van der Waals surface area contributed by atoms with Crippen molar-refractivity contribution in [1.29, 1.82) is 0 Å². The predicted molar refractivity (Wildman–Crippen MR) is 131 cm³/mol. The molecule has 0 saturated heterocycles. The van der Waals surface area contributed by atoms with Crippen LogP contribution >= 0.6 is 11.3 Å². The normalized spacial score (nSPS) is 10.5. The summed E-state index contributed by atoms with van der Waals surface area (Å²) in [5.74, 6) is -1.36. The average molecular weight is 466 g/mol. The van der Waals surface area contributed by atoms with Gasteiger partial charge in [-0.15, -0.1) is 11.3 Å². The second-order valence-electron chi connectivity index (χ2n) is 7.65. The van der Waals surface area contributed by atoms with Crippen LogP contribution in [0.25, 0.3) is 0 Å². The quantitative estimate of drug-likeness (QED) is 0.454. The molecule has 1 aromatic heterocycles. The topological polar surface area (TPSA) is 87.7 Å². The van der Waals surface area contributed by atoms with Crippen LogP contribution in [-0.2, 0) is 14.3 Å². The summed E-state index contributed by atoms with van der Waals surface area (Å²) < 4.78 is 5.10. The lowest BCUT2D eigenvalue weighted by Crippen LogP contribution is -2.40. The molecule has 2 N–H and O–H groups in total. The van der Waals surface area contributed by atoms with Gasteiger partial charge in [-0.2, -0.15) is 0 Å². The van der Waals surface area contributed by atoms with E-state index in [1.165, 1.54) is 11.3 Å². The molecule has 1 heterocycles. The number of carbonyl (C=O) groups is 3. The number of esters is 1. The second-order valence-corrected chi connectivity index (χ2v) is 8.94. The van der Waals surface area contributed by atoms with Gasteiger partial charge in [-0.05, 0) is 69.3 Å². The molecular formula is C25H27N3O4S. The van der Waals surface area contributed by atoms with Crippen LogP contribution in [0.1, 0.15) is 28.4 Å². The minimum atomic E-state index is -0.670. The molecule has 7 nitrogen and oxygen atoms in total. The van der Waals surface area contributed by atoms with Gasteiger partial charge in [-0.1, -0.05) is 18.2 Å². The van der Waals surface area contributed by atoms with E-state index in [-0.39, 0.29) is 24.4 Å². The van der Waals surface area contributed by atoms with Crippen molar-refractivity contribution >= 4 is 46.2 Å². The molecule has 0 radical (unpaired) electrons.